The van der Waals surface area contributed by atoms with Crippen molar-refractivity contribution < 1.29 is 0 Å². The Morgan fingerprint density at radius 2 is 1.05 bits per heavy atom. The van der Waals surface area contributed by atoms with E-state index in [9.17, 15) is 0 Å². The van der Waals surface area contributed by atoms with Gasteiger partial charge in [-0.1, -0.05) is 0 Å². The van der Waals surface area contributed by atoms with E-state index in [1.807, 2.05) is 0 Å². The predicted octanol–water partition coefficient (Wildman–Crippen LogP) is 1.73. The molecule has 0 unspecified atom stereocenters. The van der Waals surface area contributed by atoms with Crippen molar-refractivity contribution in [2.24, 2.45) is 0 Å². The maximum absolute atomic E-state index is 3.37. The first kappa shape index (κ1) is 18.2. The molecular weight excluding hydrogens is 457 g/mol. The Bertz CT molecular complexity index is 327. The molecule has 2 aliphatic carbocycles. The van der Waals surface area contributed by atoms with Crippen LogP contribution in [-0.4, -0.2) is 89.0 Å². The number of rotatable bonds is 6. The van der Waals surface area contributed by atoms with Crippen LogP contribution in [0.15, 0.2) is 0 Å². The first-order valence-electron chi connectivity index (χ1n) is 8.31. The van der Waals surface area contributed by atoms with E-state index in [-0.39, 0.29) is 0 Å². The predicted molar refractivity (Wildman–Crippen MR) is 96.5 cm³/mol. The summed E-state index contributed by atoms with van der Waals surface area (Å²) in [5.74, 6) is 0. The van der Waals surface area contributed by atoms with E-state index in [4.69, 9.17) is 0 Å². The number of nitrogens with zero attached hydrogens (tertiary/aromatic N) is 2. The van der Waals surface area contributed by atoms with Gasteiger partial charge in [-0.05, 0) is 0 Å². The van der Waals surface area contributed by atoms with E-state index < -0.39 is 0 Å². The minimum atomic E-state index is 0.415. The summed E-state index contributed by atoms with van der Waals surface area (Å²) < 4.78 is 2.93. The molecule has 2 fully saturated rings. The van der Waals surface area contributed by atoms with Crippen molar-refractivity contribution >= 4 is 53.0 Å². The van der Waals surface area contributed by atoms with Crippen molar-refractivity contribution in [3.05, 3.63) is 0 Å². The van der Waals surface area contributed by atoms with Gasteiger partial charge < -0.3 is 0 Å². The summed E-state index contributed by atoms with van der Waals surface area (Å²) in [7, 11) is 4.58. The number of hydrogen-bond donors (Lipinski definition) is 0. The summed E-state index contributed by atoms with van der Waals surface area (Å²) in [4.78, 5) is 5.07. The fourth-order valence-electron chi connectivity index (χ4n) is 3.45. The molecule has 0 aromatic carbocycles. The molecule has 120 valence electrons. The topological polar surface area (TPSA) is 6.48 Å². The Morgan fingerprint density at radius 1 is 0.714 bits per heavy atom. The van der Waals surface area contributed by atoms with Crippen LogP contribution in [0.1, 0.15) is 64.2 Å². The van der Waals surface area contributed by atoms with E-state index in [1.165, 1.54) is 71.1 Å². The molecule has 2 aliphatic rings. The standard InChI is InChI=1S/C16H28N2Se3/c1-17(13-9-5-3-6-10-13)15(19)21-16(20)18(2)14-11-7-4-8-12-14/h13-14H,3-12H2,1-2H3. The molecule has 5 heteroatoms. The average Bonchev–Trinajstić information content (AvgIpc) is 2.55. The fourth-order valence-corrected chi connectivity index (χ4v) is 8.73. The summed E-state index contributed by atoms with van der Waals surface area (Å²) in [6.45, 7) is 0. The summed E-state index contributed by atoms with van der Waals surface area (Å²) >= 11 is 7.15. The Balaban J connectivity index is 1.81. The van der Waals surface area contributed by atoms with Gasteiger partial charge in [-0.2, -0.15) is 0 Å². The molecule has 2 nitrogen and oxygen atoms in total. The number of hydrogen-bond acceptors (Lipinski definition) is 2. The minimum absolute atomic E-state index is 0.415. The third-order valence-corrected chi connectivity index (χ3v) is 9.96. The van der Waals surface area contributed by atoms with E-state index in [0.717, 1.165) is 12.1 Å². The van der Waals surface area contributed by atoms with Gasteiger partial charge in [-0.3, -0.25) is 0 Å². The molecule has 0 heterocycles. The molecule has 0 bridgehead atoms. The Morgan fingerprint density at radius 3 is 1.38 bits per heavy atom. The second kappa shape index (κ2) is 9.26. The van der Waals surface area contributed by atoms with Crippen LogP contribution in [0.4, 0.5) is 0 Å². The third kappa shape index (κ3) is 5.48. The zero-order valence-corrected chi connectivity index (χ0v) is 18.5. The molecule has 0 aromatic rings. The quantitative estimate of drug-likeness (QED) is 0.530. The van der Waals surface area contributed by atoms with Crippen LogP contribution in [-0.2, 0) is 0 Å². The molecular formula is C16H28N2Se3. The fraction of sp³-hybridized carbons (Fsp3) is 0.875. The first-order valence-corrected chi connectivity index (χ1v) is 11.7. The average molecular weight is 485 g/mol. The van der Waals surface area contributed by atoms with Crippen molar-refractivity contribution in [3.63, 3.8) is 0 Å². The first-order chi connectivity index (χ1) is 10.1. The van der Waals surface area contributed by atoms with Crippen LogP contribution in [0.5, 0.6) is 0 Å². The molecule has 2 rings (SSSR count). The van der Waals surface area contributed by atoms with Crippen molar-refractivity contribution in [1.29, 1.82) is 0 Å². The van der Waals surface area contributed by atoms with Crippen molar-refractivity contribution in [2.75, 3.05) is 14.1 Å². The molecule has 0 atom stereocenters. The molecule has 0 radical (unpaired) electrons. The zero-order valence-electron chi connectivity index (χ0n) is 13.3. The van der Waals surface area contributed by atoms with E-state index in [1.54, 1.807) is 0 Å². The molecule has 0 aromatic heterocycles. The molecule has 21 heavy (non-hydrogen) atoms. The van der Waals surface area contributed by atoms with Gasteiger partial charge in [0.05, 0.1) is 0 Å². The monoisotopic (exact) mass is 488 g/mol. The van der Waals surface area contributed by atoms with Gasteiger partial charge in [0, 0.05) is 0 Å². The van der Waals surface area contributed by atoms with Gasteiger partial charge in [0.25, 0.3) is 0 Å². The Hall–Kier alpha value is 0.898. The summed E-state index contributed by atoms with van der Waals surface area (Å²) in [6, 6.07) is 1.54. The van der Waals surface area contributed by atoms with Crippen LogP contribution in [0.2, 0.25) is 0 Å². The second-order valence-electron chi connectivity index (χ2n) is 6.44. The Labute approximate surface area is 152 Å². The molecule has 0 aliphatic heterocycles. The van der Waals surface area contributed by atoms with Crippen LogP contribution in [0.3, 0.4) is 0 Å². The maximum atomic E-state index is 3.37. The summed E-state index contributed by atoms with van der Waals surface area (Å²) in [6.07, 6.45) is 14.0. The molecule has 2 saturated carbocycles. The van der Waals surface area contributed by atoms with Crippen LogP contribution in [0.25, 0.3) is 0 Å². The van der Waals surface area contributed by atoms with Gasteiger partial charge in [-0.25, -0.2) is 0 Å². The van der Waals surface area contributed by atoms with E-state index in [0.29, 0.717) is 15.0 Å². The second-order valence-corrected chi connectivity index (χ2v) is 12.7. The van der Waals surface area contributed by atoms with Crippen LogP contribution in [0, 0.1) is 0 Å². The van der Waals surface area contributed by atoms with Crippen LogP contribution >= 0.6 is 0 Å². The SMILES string of the molecule is CN(C(=[Se])[Se]C(=[Se])N(C)C1CCCCC1)C1CCCCC1. The van der Waals surface area contributed by atoms with Crippen molar-refractivity contribution in [3.8, 4) is 0 Å². The third-order valence-electron chi connectivity index (χ3n) is 5.00. The molecule has 0 spiro atoms. The normalized spacial score (nSPS) is 21.0. The van der Waals surface area contributed by atoms with E-state index in [2.05, 4.69) is 55.0 Å². The summed E-state index contributed by atoms with van der Waals surface area (Å²) in [5, 5.41) is 0. The zero-order chi connectivity index (χ0) is 15.2. The van der Waals surface area contributed by atoms with Gasteiger partial charge in [-0.15, -0.1) is 0 Å². The molecule has 0 amide bonds. The summed E-state index contributed by atoms with van der Waals surface area (Å²) in [5.41, 5.74) is 0. The van der Waals surface area contributed by atoms with Gasteiger partial charge >= 0.3 is 153 Å². The van der Waals surface area contributed by atoms with Crippen molar-refractivity contribution in [2.45, 2.75) is 76.3 Å². The van der Waals surface area contributed by atoms with E-state index >= 15 is 0 Å². The van der Waals surface area contributed by atoms with Gasteiger partial charge in [0.1, 0.15) is 0 Å². The van der Waals surface area contributed by atoms with Crippen molar-refractivity contribution in [1.82, 2.24) is 9.80 Å². The van der Waals surface area contributed by atoms with Gasteiger partial charge in [0.15, 0.2) is 0 Å². The Kier molecular flexibility index (Phi) is 8.04. The molecule has 0 saturated heterocycles. The molecule has 0 N–H and O–H groups in total. The van der Waals surface area contributed by atoms with Crippen LogP contribution < -0.4 is 0 Å². The van der Waals surface area contributed by atoms with Gasteiger partial charge in [0.2, 0.25) is 0 Å².